The number of carbonyl (C=O) groups is 3. The van der Waals surface area contributed by atoms with Crippen molar-refractivity contribution in [2.75, 3.05) is 7.05 Å². The molecule has 0 aromatic rings. The molecule has 1 aliphatic rings. The average Bonchev–Trinajstić information content (AvgIpc) is 2.16. The summed E-state index contributed by atoms with van der Waals surface area (Å²) in [5.41, 5.74) is 4.76. The molecule has 0 spiro atoms. The van der Waals surface area contributed by atoms with E-state index >= 15 is 0 Å². The first-order chi connectivity index (χ1) is 5.52. The van der Waals surface area contributed by atoms with Crippen LogP contribution in [-0.4, -0.2) is 36.1 Å². The molecule has 3 N–H and O–H groups in total. The largest absolute Gasteiger partial charge is 0.352 e. The second kappa shape index (κ2) is 2.68. The third kappa shape index (κ3) is 1.29. The minimum Gasteiger partial charge on any atom is -0.352 e. The first-order valence-corrected chi connectivity index (χ1v) is 3.10. The Morgan fingerprint density at radius 2 is 2.25 bits per heavy atom. The summed E-state index contributed by atoms with van der Waals surface area (Å²) in [6.45, 7) is 0. The number of hydrogen-bond donors (Lipinski definition) is 2. The van der Waals surface area contributed by atoms with Gasteiger partial charge in [-0.05, 0) is 0 Å². The Morgan fingerprint density at radius 3 is 2.58 bits per heavy atom. The Kier molecular flexibility index (Phi) is 1.86. The van der Waals surface area contributed by atoms with Crippen molar-refractivity contribution in [3.63, 3.8) is 0 Å². The summed E-state index contributed by atoms with van der Waals surface area (Å²) in [6, 6.07) is -1.55. The molecule has 65 valence electrons. The Labute approximate surface area is 67.9 Å². The molecule has 1 radical (unpaired) electrons. The summed E-state index contributed by atoms with van der Waals surface area (Å²) in [5.74, 6) is -0.707. The minimum absolute atomic E-state index is 0.682. The molecule has 5 amide bonds. The van der Waals surface area contributed by atoms with Gasteiger partial charge < -0.3 is 11.1 Å². The van der Waals surface area contributed by atoms with E-state index in [2.05, 4.69) is 10.6 Å². The zero-order chi connectivity index (χ0) is 9.30. The Balaban J connectivity index is 2.70. The van der Waals surface area contributed by atoms with Crippen LogP contribution >= 0.6 is 0 Å². The number of rotatable bonds is 1. The van der Waals surface area contributed by atoms with Crippen LogP contribution in [0.4, 0.5) is 9.59 Å². The highest BCUT2D eigenvalue weighted by molar-refractivity contribution is 6.04. The summed E-state index contributed by atoms with van der Waals surface area (Å²) in [4.78, 5) is 32.9. The summed E-state index contributed by atoms with van der Waals surface area (Å²) >= 11 is 0. The van der Waals surface area contributed by atoms with Crippen molar-refractivity contribution in [3.05, 3.63) is 0 Å². The number of likely N-dealkylation sites (N-methyl/N-ethyl adjacent to an activating group) is 1. The molecule has 7 heteroatoms. The van der Waals surface area contributed by atoms with E-state index in [-0.39, 0.29) is 0 Å². The summed E-state index contributed by atoms with van der Waals surface area (Å²) in [7, 11) is 1.34. The Hall–Kier alpha value is -1.79. The molecule has 1 saturated heterocycles. The number of imide groups is 1. The maximum atomic E-state index is 10.8. The number of primary amides is 1. The van der Waals surface area contributed by atoms with Crippen LogP contribution < -0.4 is 16.4 Å². The summed E-state index contributed by atoms with van der Waals surface area (Å²) < 4.78 is 0. The zero-order valence-electron chi connectivity index (χ0n) is 6.27. The van der Waals surface area contributed by atoms with Gasteiger partial charge in [0.1, 0.15) is 0 Å². The van der Waals surface area contributed by atoms with Crippen LogP contribution in [-0.2, 0) is 4.79 Å². The predicted octanol–water partition coefficient (Wildman–Crippen LogP) is -1.82. The molecule has 0 aromatic heterocycles. The van der Waals surface area contributed by atoms with Gasteiger partial charge in [0, 0.05) is 7.05 Å². The van der Waals surface area contributed by atoms with Crippen LogP contribution in [0.15, 0.2) is 0 Å². The van der Waals surface area contributed by atoms with Crippen LogP contribution in [0.25, 0.3) is 0 Å². The lowest BCUT2D eigenvalue weighted by Crippen LogP contribution is -2.49. The van der Waals surface area contributed by atoms with Crippen molar-refractivity contribution >= 4 is 18.0 Å². The number of nitrogens with one attached hydrogen (secondary N) is 1. The molecule has 0 aromatic carbocycles. The lowest BCUT2D eigenvalue weighted by atomic mass is 10.4. The number of urea groups is 2. The Morgan fingerprint density at radius 1 is 1.67 bits per heavy atom. The molecular weight excluding hydrogens is 164 g/mol. The Bertz CT molecular complexity index is 251. The monoisotopic (exact) mass is 171 g/mol. The highest BCUT2D eigenvalue weighted by atomic mass is 16.2. The van der Waals surface area contributed by atoms with E-state index in [1.807, 2.05) is 0 Å². The smallest absolute Gasteiger partial charge is 0.348 e. The van der Waals surface area contributed by atoms with Gasteiger partial charge in [-0.3, -0.25) is 9.69 Å². The van der Waals surface area contributed by atoms with Gasteiger partial charge in [0.2, 0.25) is 0 Å². The van der Waals surface area contributed by atoms with Gasteiger partial charge in [0.25, 0.3) is 5.91 Å². The third-order valence-electron chi connectivity index (χ3n) is 1.41. The van der Waals surface area contributed by atoms with Crippen molar-refractivity contribution < 1.29 is 14.4 Å². The molecule has 1 rings (SSSR count). The molecule has 7 nitrogen and oxygen atoms in total. The highest BCUT2D eigenvalue weighted by Gasteiger charge is 2.38. The standard InChI is InChI=1S/C5H7N4O3/c1-9-2(7-4(6)11)3(10)8-5(9)12/h2H,1H3,(H3,6,7,11). The van der Waals surface area contributed by atoms with Gasteiger partial charge in [-0.15, -0.1) is 0 Å². The van der Waals surface area contributed by atoms with Gasteiger partial charge in [-0.2, -0.15) is 5.32 Å². The second-order valence-electron chi connectivity index (χ2n) is 2.25. The van der Waals surface area contributed by atoms with Gasteiger partial charge in [0.05, 0.1) is 0 Å². The first kappa shape index (κ1) is 8.31. The third-order valence-corrected chi connectivity index (χ3v) is 1.41. The van der Waals surface area contributed by atoms with Crippen molar-refractivity contribution in [1.82, 2.24) is 15.5 Å². The van der Waals surface area contributed by atoms with E-state index < -0.39 is 24.1 Å². The number of nitrogens with zero attached hydrogens (tertiary/aromatic N) is 2. The molecule has 0 saturated carbocycles. The lowest BCUT2D eigenvalue weighted by molar-refractivity contribution is -0.122. The maximum absolute atomic E-state index is 10.8. The molecule has 0 aliphatic carbocycles. The van der Waals surface area contributed by atoms with Crippen molar-refractivity contribution in [3.8, 4) is 0 Å². The molecule has 1 unspecified atom stereocenters. The SMILES string of the molecule is CN1C(=O)[N]C(=O)C1NC(N)=O. The molecule has 1 heterocycles. The number of carbonyl (C=O) groups excluding carboxylic acids is 3. The number of amides is 5. The number of hydrogen-bond acceptors (Lipinski definition) is 3. The molecule has 1 aliphatic heterocycles. The molecule has 1 fully saturated rings. The van der Waals surface area contributed by atoms with E-state index in [1.54, 1.807) is 0 Å². The fourth-order valence-corrected chi connectivity index (χ4v) is 0.804. The molecule has 1 atom stereocenters. The van der Waals surface area contributed by atoms with Crippen LogP contribution in [0, 0.1) is 0 Å². The van der Waals surface area contributed by atoms with Gasteiger partial charge in [-0.25, -0.2) is 9.59 Å². The number of nitrogens with two attached hydrogens (primary N) is 1. The minimum atomic E-state index is -1.05. The zero-order valence-corrected chi connectivity index (χ0v) is 6.27. The topological polar surface area (TPSA) is 107 Å². The van der Waals surface area contributed by atoms with Crippen LogP contribution in [0.1, 0.15) is 0 Å². The molecule has 0 bridgehead atoms. The molecule has 12 heavy (non-hydrogen) atoms. The van der Waals surface area contributed by atoms with E-state index in [0.717, 1.165) is 4.90 Å². The van der Waals surface area contributed by atoms with E-state index in [0.29, 0.717) is 0 Å². The predicted molar refractivity (Wildman–Crippen MR) is 36.8 cm³/mol. The van der Waals surface area contributed by atoms with E-state index in [9.17, 15) is 14.4 Å². The average molecular weight is 171 g/mol. The van der Waals surface area contributed by atoms with Crippen molar-refractivity contribution in [1.29, 1.82) is 0 Å². The van der Waals surface area contributed by atoms with E-state index in [4.69, 9.17) is 5.73 Å². The van der Waals surface area contributed by atoms with Crippen LogP contribution in [0.2, 0.25) is 0 Å². The van der Waals surface area contributed by atoms with Crippen molar-refractivity contribution in [2.45, 2.75) is 6.17 Å². The quantitative estimate of drug-likeness (QED) is 0.453. The maximum Gasteiger partial charge on any atom is 0.348 e. The normalized spacial score (nSPS) is 22.4. The summed E-state index contributed by atoms with van der Waals surface area (Å²) in [6.07, 6.45) is -1.05. The van der Waals surface area contributed by atoms with Gasteiger partial charge in [0.15, 0.2) is 6.17 Å². The van der Waals surface area contributed by atoms with E-state index in [1.165, 1.54) is 7.05 Å². The molecular formula is C5H7N4O3. The van der Waals surface area contributed by atoms with Crippen LogP contribution in [0.3, 0.4) is 0 Å². The second-order valence-corrected chi connectivity index (χ2v) is 2.25. The first-order valence-electron chi connectivity index (χ1n) is 3.10. The fraction of sp³-hybridized carbons (Fsp3) is 0.400. The highest BCUT2D eigenvalue weighted by Crippen LogP contribution is 2.03. The van der Waals surface area contributed by atoms with Crippen LogP contribution in [0.5, 0.6) is 0 Å². The lowest BCUT2D eigenvalue weighted by Gasteiger charge is -2.15. The fourth-order valence-electron chi connectivity index (χ4n) is 0.804. The van der Waals surface area contributed by atoms with Gasteiger partial charge >= 0.3 is 12.1 Å². The summed E-state index contributed by atoms with van der Waals surface area (Å²) in [5, 5.41) is 5.15. The van der Waals surface area contributed by atoms with Gasteiger partial charge in [-0.1, -0.05) is 0 Å². The van der Waals surface area contributed by atoms with Crippen molar-refractivity contribution in [2.24, 2.45) is 5.73 Å².